The Morgan fingerprint density at radius 1 is 1.17 bits per heavy atom. The van der Waals surface area contributed by atoms with Gasteiger partial charge in [-0.2, -0.15) is 0 Å². The Labute approximate surface area is 150 Å². The zero-order valence-corrected chi connectivity index (χ0v) is 16.3. The summed E-state index contributed by atoms with van der Waals surface area (Å²) in [4.78, 5) is 0. The quantitative estimate of drug-likeness (QED) is 0.366. The molecule has 0 bridgehead atoms. The fourth-order valence-corrected chi connectivity index (χ4v) is 3.30. The van der Waals surface area contributed by atoms with Crippen molar-refractivity contribution in [1.82, 2.24) is 5.32 Å². The molecule has 0 aromatic heterocycles. The van der Waals surface area contributed by atoms with E-state index in [1.54, 1.807) is 0 Å². The first-order valence-electron chi connectivity index (χ1n) is 9.41. The van der Waals surface area contributed by atoms with Crippen molar-refractivity contribution in [3.8, 4) is 0 Å². The van der Waals surface area contributed by atoms with Gasteiger partial charge in [-0.3, -0.25) is 0 Å². The molecule has 0 heterocycles. The van der Waals surface area contributed by atoms with Crippen LogP contribution >= 0.6 is 0 Å². The molecule has 0 spiro atoms. The van der Waals surface area contributed by atoms with Gasteiger partial charge in [0, 0.05) is 6.54 Å². The Morgan fingerprint density at radius 3 is 2.50 bits per heavy atom. The fourth-order valence-electron chi connectivity index (χ4n) is 3.30. The first kappa shape index (κ1) is 20.5. The molecule has 1 nitrogen and oxygen atoms in total. The predicted octanol–water partition coefficient (Wildman–Crippen LogP) is 6.40. The van der Waals surface area contributed by atoms with Gasteiger partial charge in [-0.1, -0.05) is 70.0 Å². The maximum Gasteiger partial charge on any atom is 0.0172 e. The van der Waals surface area contributed by atoms with Gasteiger partial charge in [0.1, 0.15) is 0 Å². The number of nitrogens with one attached hydrogen (secondary N) is 1. The summed E-state index contributed by atoms with van der Waals surface area (Å²) >= 11 is 0. The van der Waals surface area contributed by atoms with Crippen LogP contribution in [-0.4, -0.2) is 6.54 Å². The van der Waals surface area contributed by atoms with E-state index in [1.807, 2.05) is 6.20 Å². The van der Waals surface area contributed by atoms with Crippen LogP contribution in [0.25, 0.3) is 0 Å². The molecule has 0 aliphatic heterocycles. The molecule has 0 amide bonds. The Hall–Kier alpha value is -1.50. The van der Waals surface area contributed by atoms with Crippen LogP contribution in [0.1, 0.15) is 70.9 Å². The fraction of sp³-hybridized carbons (Fsp3) is 0.565. The Morgan fingerprint density at radius 2 is 1.88 bits per heavy atom. The maximum atomic E-state index is 4.00. The molecule has 1 aromatic rings. The highest BCUT2D eigenvalue weighted by Crippen LogP contribution is 2.28. The third-order valence-corrected chi connectivity index (χ3v) is 4.60. The maximum absolute atomic E-state index is 4.00. The zero-order chi connectivity index (χ0) is 18.0. The van der Waals surface area contributed by atoms with Crippen molar-refractivity contribution < 1.29 is 0 Å². The van der Waals surface area contributed by atoms with E-state index in [4.69, 9.17) is 0 Å². The van der Waals surface area contributed by atoms with E-state index >= 15 is 0 Å². The lowest BCUT2D eigenvalue weighted by molar-refractivity contribution is 0.437. The molecule has 1 atom stereocenters. The summed E-state index contributed by atoms with van der Waals surface area (Å²) in [5.41, 5.74) is 4.49. The number of unbranched alkanes of at least 4 members (excludes halogenated alkanes) is 2. The van der Waals surface area contributed by atoms with Crippen molar-refractivity contribution in [3.63, 3.8) is 0 Å². The largest absolute Gasteiger partial charge is 0.391 e. The Kier molecular flexibility index (Phi) is 8.89. The summed E-state index contributed by atoms with van der Waals surface area (Å²) in [6, 6.07) is 8.94. The molecule has 1 aromatic carbocycles. The average molecular weight is 328 g/mol. The van der Waals surface area contributed by atoms with Gasteiger partial charge in [-0.05, 0) is 61.3 Å². The van der Waals surface area contributed by atoms with Crippen molar-refractivity contribution >= 4 is 0 Å². The van der Waals surface area contributed by atoms with Crippen molar-refractivity contribution in [2.24, 2.45) is 5.92 Å². The number of allylic oxidation sites excluding steroid dienone is 1. The highest BCUT2D eigenvalue weighted by molar-refractivity contribution is 5.33. The van der Waals surface area contributed by atoms with Gasteiger partial charge in [-0.15, -0.1) is 6.58 Å². The van der Waals surface area contributed by atoms with Crippen LogP contribution in [0, 0.1) is 5.92 Å². The summed E-state index contributed by atoms with van der Waals surface area (Å²) in [6.45, 7) is 17.9. The lowest BCUT2D eigenvalue weighted by Crippen LogP contribution is -2.22. The number of hydrogen-bond acceptors (Lipinski definition) is 1. The summed E-state index contributed by atoms with van der Waals surface area (Å²) in [5.74, 6) is 0.663. The highest BCUT2D eigenvalue weighted by Gasteiger charge is 2.19. The molecule has 0 saturated carbocycles. The summed E-state index contributed by atoms with van der Waals surface area (Å²) in [7, 11) is 0. The molecule has 24 heavy (non-hydrogen) atoms. The minimum absolute atomic E-state index is 0.203. The third-order valence-electron chi connectivity index (χ3n) is 4.60. The molecule has 0 aliphatic carbocycles. The van der Waals surface area contributed by atoms with E-state index in [1.165, 1.54) is 48.8 Å². The molecular formula is C23H37N. The SMILES string of the molecule is C=CNCC(CCCCCC(=C)C)Cc1ccccc1C(C)(C)C. The van der Waals surface area contributed by atoms with Crippen molar-refractivity contribution in [2.45, 2.75) is 71.6 Å². The summed E-state index contributed by atoms with van der Waals surface area (Å²) in [5, 5.41) is 3.34. The molecule has 0 fully saturated rings. The van der Waals surface area contributed by atoms with E-state index in [2.05, 4.69) is 70.4 Å². The monoisotopic (exact) mass is 327 g/mol. The molecular weight excluding hydrogens is 290 g/mol. The first-order valence-corrected chi connectivity index (χ1v) is 9.41. The number of hydrogen-bond donors (Lipinski definition) is 1. The molecule has 1 rings (SSSR count). The molecule has 0 saturated heterocycles. The normalized spacial score (nSPS) is 12.7. The third kappa shape index (κ3) is 7.86. The molecule has 1 heteroatoms. The standard InChI is InChI=1S/C23H37N/c1-7-24-18-20(14-10-8-9-13-19(2)3)17-21-15-11-12-16-22(21)23(4,5)6/h7,11-12,15-16,20,24H,1-2,8-10,13-14,17-18H2,3-6H3. The second kappa shape index (κ2) is 10.4. The second-order valence-corrected chi connectivity index (χ2v) is 8.15. The summed E-state index contributed by atoms with van der Waals surface area (Å²) < 4.78 is 0. The molecule has 0 radical (unpaired) electrons. The lowest BCUT2D eigenvalue weighted by atomic mass is 9.80. The van der Waals surface area contributed by atoms with Gasteiger partial charge in [0.05, 0.1) is 0 Å². The highest BCUT2D eigenvalue weighted by atomic mass is 14.8. The van der Waals surface area contributed by atoms with Crippen LogP contribution in [0.15, 0.2) is 49.2 Å². The minimum Gasteiger partial charge on any atom is -0.391 e. The van der Waals surface area contributed by atoms with E-state index in [0.29, 0.717) is 5.92 Å². The van der Waals surface area contributed by atoms with Crippen LogP contribution in [0.2, 0.25) is 0 Å². The molecule has 0 aliphatic rings. The van der Waals surface area contributed by atoms with Crippen LogP contribution in [-0.2, 0) is 11.8 Å². The van der Waals surface area contributed by atoms with E-state index in [-0.39, 0.29) is 5.41 Å². The van der Waals surface area contributed by atoms with E-state index in [9.17, 15) is 0 Å². The smallest absolute Gasteiger partial charge is 0.0172 e. The minimum atomic E-state index is 0.203. The number of benzene rings is 1. The summed E-state index contributed by atoms with van der Waals surface area (Å²) in [6.07, 6.45) is 9.29. The van der Waals surface area contributed by atoms with Gasteiger partial charge in [0.2, 0.25) is 0 Å². The van der Waals surface area contributed by atoms with Crippen LogP contribution in [0.3, 0.4) is 0 Å². The topological polar surface area (TPSA) is 12.0 Å². The van der Waals surface area contributed by atoms with Crippen molar-refractivity contribution in [1.29, 1.82) is 0 Å². The Bertz CT molecular complexity index is 507. The van der Waals surface area contributed by atoms with Crippen molar-refractivity contribution in [2.75, 3.05) is 6.54 Å². The second-order valence-electron chi connectivity index (χ2n) is 8.15. The zero-order valence-electron chi connectivity index (χ0n) is 16.3. The average Bonchev–Trinajstić information content (AvgIpc) is 2.51. The van der Waals surface area contributed by atoms with Crippen LogP contribution in [0.4, 0.5) is 0 Å². The van der Waals surface area contributed by atoms with Crippen molar-refractivity contribution in [3.05, 3.63) is 60.3 Å². The van der Waals surface area contributed by atoms with Gasteiger partial charge in [-0.25, -0.2) is 0 Å². The molecule has 1 unspecified atom stereocenters. The molecule has 134 valence electrons. The number of rotatable bonds is 11. The lowest BCUT2D eigenvalue weighted by Gasteiger charge is -2.25. The first-order chi connectivity index (χ1) is 11.3. The van der Waals surface area contributed by atoms with E-state index in [0.717, 1.165) is 13.0 Å². The predicted molar refractivity (Wildman–Crippen MR) is 108 cm³/mol. The van der Waals surface area contributed by atoms with Crippen LogP contribution < -0.4 is 5.32 Å². The van der Waals surface area contributed by atoms with Gasteiger partial charge >= 0.3 is 0 Å². The van der Waals surface area contributed by atoms with Crippen LogP contribution in [0.5, 0.6) is 0 Å². The molecule has 1 N–H and O–H groups in total. The van der Waals surface area contributed by atoms with E-state index < -0.39 is 0 Å². The Balaban J connectivity index is 2.65. The van der Waals surface area contributed by atoms with Gasteiger partial charge in [0.25, 0.3) is 0 Å². The van der Waals surface area contributed by atoms with Gasteiger partial charge in [0.15, 0.2) is 0 Å². The van der Waals surface area contributed by atoms with Gasteiger partial charge < -0.3 is 5.32 Å².